The van der Waals surface area contributed by atoms with Gasteiger partial charge in [0.1, 0.15) is 5.41 Å². The Morgan fingerprint density at radius 1 is 1.14 bits per heavy atom. The van der Waals surface area contributed by atoms with Crippen molar-refractivity contribution in [2.45, 2.75) is 31.8 Å². The largest absolute Gasteiger partial charge is 0.483 e. The number of hydrogen-bond donors (Lipinski definition) is 3. The van der Waals surface area contributed by atoms with Crippen LogP contribution >= 0.6 is 0 Å². The predicted molar refractivity (Wildman–Crippen MR) is 106 cm³/mol. The molecule has 0 unspecified atom stereocenters. The van der Waals surface area contributed by atoms with Crippen LogP contribution in [0.5, 0.6) is 0 Å². The molecule has 0 spiro atoms. The van der Waals surface area contributed by atoms with Gasteiger partial charge in [-0.1, -0.05) is 43.2 Å². The zero-order chi connectivity index (χ0) is 20.9. The van der Waals surface area contributed by atoms with Crippen molar-refractivity contribution in [3.63, 3.8) is 0 Å². The highest BCUT2D eigenvalue weighted by molar-refractivity contribution is 5.77. The predicted octanol–water partition coefficient (Wildman–Crippen LogP) is 2.29. The monoisotopic (exact) mass is 399 g/mol. The van der Waals surface area contributed by atoms with Gasteiger partial charge in [0.25, 0.3) is 6.47 Å². The molecule has 0 bridgehead atoms. The van der Waals surface area contributed by atoms with E-state index in [9.17, 15) is 15.0 Å². The number of carbonyl (C=O) groups is 2. The Morgan fingerprint density at radius 2 is 1.83 bits per heavy atom. The highest BCUT2D eigenvalue weighted by Crippen LogP contribution is 2.45. The summed E-state index contributed by atoms with van der Waals surface area (Å²) in [6, 6.07) is 13.6. The average Bonchev–Trinajstić information content (AvgIpc) is 3.55. The summed E-state index contributed by atoms with van der Waals surface area (Å²) in [7, 11) is 0. The lowest BCUT2D eigenvalue weighted by Gasteiger charge is -2.43. The molecule has 2 aliphatic rings. The molecule has 4 rings (SSSR count). The fourth-order valence-electron chi connectivity index (χ4n) is 3.87. The van der Waals surface area contributed by atoms with E-state index in [0.29, 0.717) is 31.1 Å². The van der Waals surface area contributed by atoms with Gasteiger partial charge in [0.05, 0.1) is 11.8 Å². The van der Waals surface area contributed by atoms with Crippen LogP contribution in [0.3, 0.4) is 0 Å². The van der Waals surface area contributed by atoms with Crippen LogP contribution in [0.1, 0.15) is 25.7 Å². The van der Waals surface area contributed by atoms with Gasteiger partial charge < -0.3 is 20.2 Å². The van der Waals surface area contributed by atoms with Crippen LogP contribution in [0, 0.1) is 11.3 Å². The number of aromatic nitrogens is 2. The molecule has 1 aromatic carbocycles. The Hall–Kier alpha value is -3.00. The number of aliphatic hydroxyl groups is 1. The first-order chi connectivity index (χ1) is 14.0. The zero-order valence-electron chi connectivity index (χ0n) is 16.0. The van der Waals surface area contributed by atoms with Crippen molar-refractivity contribution in [3.05, 3.63) is 42.5 Å². The number of piperidine rings is 1. The van der Waals surface area contributed by atoms with Gasteiger partial charge in [0, 0.05) is 18.7 Å². The molecule has 3 N–H and O–H groups in total. The van der Waals surface area contributed by atoms with Crippen LogP contribution in [-0.2, 0) is 9.59 Å². The minimum Gasteiger partial charge on any atom is -0.483 e. The molecule has 0 amide bonds. The van der Waals surface area contributed by atoms with Gasteiger partial charge in [0.15, 0.2) is 5.82 Å². The quantitative estimate of drug-likeness (QED) is 0.654. The van der Waals surface area contributed by atoms with Crippen LogP contribution < -0.4 is 4.90 Å². The van der Waals surface area contributed by atoms with Crippen LogP contribution in [-0.4, -0.2) is 57.2 Å². The lowest BCUT2D eigenvalue weighted by Crippen LogP contribution is -2.56. The van der Waals surface area contributed by atoms with E-state index in [1.54, 1.807) is 0 Å². The molecule has 2 atom stereocenters. The average molecular weight is 399 g/mol. The normalized spacial score (nSPS) is 23.6. The number of aliphatic hydroxyl groups excluding tert-OH is 1. The minimum atomic E-state index is -1.11. The van der Waals surface area contributed by atoms with E-state index in [0.717, 1.165) is 24.1 Å². The molecule has 8 heteroatoms. The maximum atomic E-state index is 12.0. The van der Waals surface area contributed by atoms with Gasteiger partial charge in [-0.15, -0.1) is 10.2 Å². The lowest BCUT2D eigenvalue weighted by atomic mass is 9.73. The molecular formula is C21H25N3O5. The third kappa shape index (κ3) is 4.71. The molecule has 1 aromatic heterocycles. The van der Waals surface area contributed by atoms with E-state index in [4.69, 9.17) is 9.90 Å². The number of aliphatic carboxylic acids is 1. The zero-order valence-corrected chi connectivity index (χ0v) is 16.0. The van der Waals surface area contributed by atoms with Gasteiger partial charge in [0.2, 0.25) is 0 Å². The fraction of sp³-hybridized carbons (Fsp3) is 0.429. The molecule has 8 nitrogen and oxygen atoms in total. The number of anilines is 1. The van der Waals surface area contributed by atoms with Gasteiger partial charge >= 0.3 is 5.97 Å². The smallest absolute Gasteiger partial charge is 0.314 e. The highest BCUT2D eigenvalue weighted by Gasteiger charge is 2.52. The summed E-state index contributed by atoms with van der Waals surface area (Å²) < 4.78 is 0. The van der Waals surface area contributed by atoms with E-state index in [1.165, 1.54) is 0 Å². The van der Waals surface area contributed by atoms with Crippen LogP contribution in [0.2, 0.25) is 0 Å². The summed E-state index contributed by atoms with van der Waals surface area (Å²) >= 11 is 0. The first kappa shape index (κ1) is 20.7. The van der Waals surface area contributed by atoms with Crippen molar-refractivity contribution < 1.29 is 24.9 Å². The lowest BCUT2D eigenvalue weighted by molar-refractivity contribution is -0.158. The van der Waals surface area contributed by atoms with Crippen molar-refractivity contribution in [1.29, 1.82) is 0 Å². The summed E-state index contributed by atoms with van der Waals surface area (Å²) in [6.07, 6.45) is 2.28. The Balaban J connectivity index is 0.000000755. The molecule has 29 heavy (non-hydrogen) atoms. The summed E-state index contributed by atoms with van der Waals surface area (Å²) in [6.45, 7) is 0.611. The van der Waals surface area contributed by atoms with E-state index >= 15 is 0 Å². The van der Waals surface area contributed by atoms with Crippen molar-refractivity contribution in [1.82, 2.24) is 10.2 Å². The first-order valence-electron chi connectivity index (χ1n) is 9.63. The standard InChI is InChI=1S/C20H23N3O3.CH2O2/c24-17-10-11-23(13-20(17,19(25)26)12-14-6-7-14)18-9-8-16(21-22-18)15-4-2-1-3-5-15;2-1-3/h1-5,8-9,14,17,24H,6-7,10-13H2,(H,25,26);1H,(H,2,3)/t17-,20-;/m1./s1. The van der Waals surface area contributed by atoms with Crippen molar-refractivity contribution in [2.24, 2.45) is 11.3 Å². The maximum Gasteiger partial charge on any atom is 0.314 e. The molecule has 1 saturated heterocycles. The van der Waals surface area contributed by atoms with Gasteiger partial charge in [-0.25, -0.2) is 0 Å². The molecular weight excluding hydrogens is 374 g/mol. The van der Waals surface area contributed by atoms with Crippen LogP contribution in [0.25, 0.3) is 11.3 Å². The fourth-order valence-corrected chi connectivity index (χ4v) is 3.87. The summed E-state index contributed by atoms with van der Waals surface area (Å²) in [4.78, 5) is 22.4. The SMILES string of the molecule is O=C(O)[C@]1(CC2CC2)CN(c2ccc(-c3ccccc3)nn2)CC[C@H]1O.O=CO. The van der Waals surface area contributed by atoms with E-state index in [2.05, 4.69) is 10.2 Å². The van der Waals surface area contributed by atoms with Gasteiger partial charge in [-0.2, -0.15) is 0 Å². The van der Waals surface area contributed by atoms with Gasteiger partial charge in [-0.05, 0) is 30.9 Å². The van der Waals surface area contributed by atoms with Crippen molar-refractivity contribution in [3.8, 4) is 11.3 Å². The van der Waals surface area contributed by atoms with E-state index < -0.39 is 17.5 Å². The van der Waals surface area contributed by atoms with E-state index in [1.807, 2.05) is 47.4 Å². The number of carboxylic acid groups (broad SMARTS) is 2. The van der Waals surface area contributed by atoms with Gasteiger partial charge in [-0.3, -0.25) is 9.59 Å². The minimum absolute atomic E-state index is 0.250. The Labute approximate surface area is 168 Å². The second-order valence-corrected chi connectivity index (χ2v) is 7.58. The summed E-state index contributed by atoms with van der Waals surface area (Å²) in [5, 5.41) is 35.9. The Bertz CT molecular complexity index is 826. The molecule has 1 saturated carbocycles. The summed E-state index contributed by atoms with van der Waals surface area (Å²) in [5.74, 6) is 0.181. The second-order valence-electron chi connectivity index (χ2n) is 7.58. The van der Waals surface area contributed by atoms with Crippen LogP contribution in [0.4, 0.5) is 5.82 Å². The van der Waals surface area contributed by atoms with Crippen molar-refractivity contribution in [2.75, 3.05) is 18.0 Å². The van der Waals surface area contributed by atoms with E-state index in [-0.39, 0.29) is 13.0 Å². The third-order valence-corrected chi connectivity index (χ3v) is 5.60. The molecule has 2 heterocycles. The first-order valence-corrected chi connectivity index (χ1v) is 9.63. The number of hydrogen-bond acceptors (Lipinski definition) is 6. The molecule has 1 aliphatic carbocycles. The van der Waals surface area contributed by atoms with Crippen LogP contribution in [0.15, 0.2) is 42.5 Å². The Morgan fingerprint density at radius 3 is 2.38 bits per heavy atom. The number of benzene rings is 1. The molecule has 2 fully saturated rings. The number of carboxylic acids is 1. The number of nitrogens with zero attached hydrogens (tertiary/aromatic N) is 3. The topological polar surface area (TPSA) is 124 Å². The second kappa shape index (κ2) is 9.00. The third-order valence-electron chi connectivity index (χ3n) is 5.60. The highest BCUT2D eigenvalue weighted by atomic mass is 16.4. The maximum absolute atomic E-state index is 12.0. The summed E-state index contributed by atoms with van der Waals surface area (Å²) in [5.41, 5.74) is 0.669. The molecule has 154 valence electrons. The van der Waals surface area contributed by atoms with Crippen molar-refractivity contribution >= 4 is 18.3 Å². The Kier molecular flexibility index (Phi) is 6.43. The number of rotatable bonds is 5. The molecule has 0 radical (unpaired) electrons. The molecule has 2 aromatic rings. The molecule has 1 aliphatic heterocycles.